The summed E-state index contributed by atoms with van der Waals surface area (Å²) in [6.45, 7) is 1.67. The summed E-state index contributed by atoms with van der Waals surface area (Å²) < 4.78 is 5.57. The van der Waals surface area contributed by atoms with Gasteiger partial charge >= 0.3 is 6.09 Å². The van der Waals surface area contributed by atoms with Crippen molar-refractivity contribution in [3.63, 3.8) is 0 Å². The molecule has 0 aliphatic carbocycles. The van der Waals surface area contributed by atoms with Gasteiger partial charge in [-0.3, -0.25) is 4.90 Å². The second-order valence-corrected chi connectivity index (χ2v) is 6.37. The molecule has 24 heavy (non-hydrogen) atoms. The minimum absolute atomic E-state index is 0.171. The molecule has 2 bridgehead atoms. The van der Waals surface area contributed by atoms with E-state index < -0.39 is 12.2 Å². The van der Waals surface area contributed by atoms with Gasteiger partial charge in [0.1, 0.15) is 18.5 Å². The molecule has 3 atom stereocenters. The van der Waals surface area contributed by atoms with Crippen molar-refractivity contribution in [2.75, 3.05) is 26.2 Å². The monoisotopic (exact) mass is 331 g/mol. The molecule has 2 aliphatic rings. The summed E-state index contributed by atoms with van der Waals surface area (Å²) in [5, 5.41) is 28.1. The quantitative estimate of drug-likeness (QED) is 0.839. The van der Waals surface area contributed by atoms with Crippen LogP contribution in [0.3, 0.4) is 0 Å². The first-order valence-electron chi connectivity index (χ1n) is 8.11. The molecule has 7 heteroatoms. The van der Waals surface area contributed by atoms with E-state index in [0.717, 1.165) is 12.8 Å². The Morgan fingerprint density at radius 1 is 1.29 bits per heavy atom. The van der Waals surface area contributed by atoms with Crippen molar-refractivity contribution >= 4 is 6.09 Å². The number of likely N-dealkylation sites (tertiary alicyclic amines) is 1. The zero-order chi connectivity index (χ0) is 17.1. The van der Waals surface area contributed by atoms with Crippen molar-refractivity contribution in [2.24, 2.45) is 0 Å². The fourth-order valence-corrected chi connectivity index (χ4v) is 3.56. The second kappa shape index (κ2) is 7.07. The summed E-state index contributed by atoms with van der Waals surface area (Å²) in [6, 6.07) is 9.18. The molecule has 2 aliphatic heterocycles. The van der Waals surface area contributed by atoms with Crippen molar-refractivity contribution in [1.82, 2.24) is 9.80 Å². The van der Waals surface area contributed by atoms with E-state index in [4.69, 9.17) is 15.1 Å². The molecule has 0 spiro atoms. The lowest BCUT2D eigenvalue weighted by Crippen LogP contribution is -2.56. The van der Waals surface area contributed by atoms with E-state index in [1.165, 1.54) is 4.90 Å². The molecule has 1 aromatic carbocycles. The number of amides is 1. The summed E-state index contributed by atoms with van der Waals surface area (Å²) >= 11 is 0. The number of hydrogen-bond acceptors (Lipinski definition) is 5. The predicted octanol–water partition coefficient (Wildman–Crippen LogP) is 1.12. The molecular weight excluding hydrogens is 310 g/mol. The predicted molar refractivity (Wildman–Crippen MR) is 85.8 cm³/mol. The Morgan fingerprint density at radius 2 is 1.92 bits per heavy atom. The molecule has 2 N–H and O–H groups in total. The summed E-state index contributed by atoms with van der Waals surface area (Å²) in [6.07, 6.45) is 0.436. The number of benzene rings is 1. The summed E-state index contributed by atoms with van der Waals surface area (Å²) in [5.74, 6) is 0.617. The van der Waals surface area contributed by atoms with Crippen LogP contribution in [-0.4, -0.2) is 70.5 Å². The zero-order valence-corrected chi connectivity index (χ0v) is 13.3. The molecular formula is C17H21N3O4. The fourth-order valence-electron chi connectivity index (χ4n) is 3.56. The van der Waals surface area contributed by atoms with E-state index >= 15 is 0 Å². The number of carboxylic acid groups (broad SMARTS) is 1. The number of aliphatic hydroxyl groups excluding tert-OH is 1. The number of hydrogen-bond donors (Lipinski definition) is 2. The molecule has 3 rings (SSSR count). The highest BCUT2D eigenvalue weighted by atomic mass is 16.5. The Kier molecular flexibility index (Phi) is 4.88. The van der Waals surface area contributed by atoms with Crippen LogP contribution >= 0.6 is 0 Å². The average Bonchev–Trinajstić information content (AvgIpc) is 2.82. The number of piperazine rings is 1. The highest BCUT2D eigenvalue weighted by Crippen LogP contribution is 2.30. The highest BCUT2D eigenvalue weighted by molar-refractivity contribution is 5.65. The van der Waals surface area contributed by atoms with Crippen LogP contribution in [0.2, 0.25) is 0 Å². The van der Waals surface area contributed by atoms with Gasteiger partial charge < -0.3 is 19.8 Å². The Labute approximate surface area is 140 Å². The normalized spacial score (nSPS) is 24.4. The average molecular weight is 331 g/mol. The van der Waals surface area contributed by atoms with Crippen LogP contribution in [0.5, 0.6) is 5.75 Å². The van der Waals surface area contributed by atoms with E-state index in [1.807, 2.05) is 6.07 Å². The molecule has 0 saturated carbocycles. The maximum absolute atomic E-state index is 11.1. The number of ether oxygens (including phenoxy) is 1. The van der Waals surface area contributed by atoms with E-state index in [0.29, 0.717) is 30.9 Å². The Balaban J connectivity index is 1.49. The number of carbonyl (C=O) groups is 1. The van der Waals surface area contributed by atoms with Crippen molar-refractivity contribution in [3.8, 4) is 11.8 Å². The molecule has 7 nitrogen and oxygen atoms in total. The van der Waals surface area contributed by atoms with E-state index in [9.17, 15) is 9.90 Å². The first-order valence-corrected chi connectivity index (χ1v) is 8.11. The van der Waals surface area contributed by atoms with Gasteiger partial charge in [-0.2, -0.15) is 5.26 Å². The van der Waals surface area contributed by atoms with Gasteiger partial charge in [0.15, 0.2) is 0 Å². The van der Waals surface area contributed by atoms with Crippen molar-refractivity contribution in [1.29, 1.82) is 5.26 Å². The second-order valence-electron chi connectivity index (χ2n) is 6.37. The van der Waals surface area contributed by atoms with Crippen molar-refractivity contribution < 1.29 is 19.7 Å². The lowest BCUT2D eigenvalue weighted by molar-refractivity contribution is 0.0140. The molecule has 0 radical (unpaired) electrons. The van der Waals surface area contributed by atoms with Gasteiger partial charge in [0.05, 0.1) is 11.6 Å². The van der Waals surface area contributed by atoms with Crippen LogP contribution < -0.4 is 4.74 Å². The van der Waals surface area contributed by atoms with Gasteiger partial charge in [-0.25, -0.2) is 4.79 Å². The summed E-state index contributed by atoms with van der Waals surface area (Å²) in [4.78, 5) is 14.8. The highest BCUT2D eigenvalue weighted by Gasteiger charge is 2.41. The molecule has 2 fully saturated rings. The lowest BCUT2D eigenvalue weighted by Gasteiger charge is -2.40. The number of nitriles is 1. The maximum Gasteiger partial charge on any atom is 0.407 e. The smallest absolute Gasteiger partial charge is 0.407 e. The minimum atomic E-state index is -0.865. The van der Waals surface area contributed by atoms with Crippen LogP contribution in [0, 0.1) is 11.3 Å². The van der Waals surface area contributed by atoms with Gasteiger partial charge in [-0.15, -0.1) is 0 Å². The van der Waals surface area contributed by atoms with Gasteiger partial charge in [0, 0.05) is 31.7 Å². The third kappa shape index (κ3) is 3.61. The van der Waals surface area contributed by atoms with Crippen LogP contribution in [0.1, 0.15) is 18.4 Å². The molecule has 3 unspecified atom stereocenters. The van der Waals surface area contributed by atoms with Gasteiger partial charge in [0.25, 0.3) is 0 Å². The first-order chi connectivity index (χ1) is 11.6. The van der Waals surface area contributed by atoms with Crippen LogP contribution in [0.15, 0.2) is 24.3 Å². The van der Waals surface area contributed by atoms with E-state index in [-0.39, 0.29) is 18.7 Å². The minimum Gasteiger partial charge on any atom is -0.491 e. The Morgan fingerprint density at radius 3 is 2.46 bits per heavy atom. The number of fused-ring (bicyclic) bond motifs is 2. The van der Waals surface area contributed by atoms with Gasteiger partial charge in [-0.05, 0) is 37.1 Å². The fraction of sp³-hybridized carbons (Fsp3) is 0.529. The standard InChI is InChI=1S/C17H21N3O4/c18-7-12-1-5-16(6-2-12)24-11-15(21)10-20-13-3-4-14(20)9-19(8-13)17(22)23/h1-2,5-6,13-15,21H,3-4,8-11H2,(H,22,23). The number of aliphatic hydroxyl groups is 1. The zero-order valence-electron chi connectivity index (χ0n) is 13.3. The molecule has 2 saturated heterocycles. The number of nitrogens with zero attached hydrogens (tertiary/aromatic N) is 3. The summed E-state index contributed by atoms with van der Waals surface area (Å²) in [5.41, 5.74) is 0.566. The van der Waals surface area contributed by atoms with Gasteiger partial charge in [-0.1, -0.05) is 0 Å². The van der Waals surface area contributed by atoms with E-state index in [1.54, 1.807) is 24.3 Å². The Hall–Kier alpha value is -2.30. The van der Waals surface area contributed by atoms with Crippen molar-refractivity contribution in [2.45, 2.75) is 31.0 Å². The molecule has 128 valence electrons. The number of rotatable bonds is 5. The Bertz CT molecular complexity index is 614. The SMILES string of the molecule is N#Cc1ccc(OCC(O)CN2C3CCC2CN(C(=O)O)C3)cc1. The van der Waals surface area contributed by atoms with Crippen LogP contribution in [0.4, 0.5) is 4.79 Å². The maximum atomic E-state index is 11.1. The molecule has 2 heterocycles. The van der Waals surface area contributed by atoms with Crippen LogP contribution in [-0.2, 0) is 0 Å². The molecule has 0 aromatic heterocycles. The largest absolute Gasteiger partial charge is 0.491 e. The van der Waals surface area contributed by atoms with Crippen LogP contribution in [0.25, 0.3) is 0 Å². The molecule has 1 amide bonds. The lowest BCUT2D eigenvalue weighted by atomic mass is 10.1. The topological polar surface area (TPSA) is 97.0 Å². The molecule has 1 aromatic rings. The van der Waals surface area contributed by atoms with E-state index in [2.05, 4.69) is 4.90 Å². The third-order valence-corrected chi connectivity index (χ3v) is 4.75. The third-order valence-electron chi connectivity index (χ3n) is 4.75. The van der Waals surface area contributed by atoms with Crippen molar-refractivity contribution in [3.05, 3.63) is 29.8 Å². The van der Waals surface area contributed by atoms with Gasteiger partial charge in [0.2, 0.25) is 0 Å². The first kappa shape index (κ1) is 16.6. The summed E-state index contributed by atoms with van der Waals surface area (Å²) in [7, 11) is 0.